The van der Waals surface area contributed by atoms with Gasteiger partial charge in [-0.15, -0.1) is 0 Å². The maximum Gasteiger partial charge on any atom is 0.258 e. The highest BCUT2D eigenvalue weighted by Gasteiger charge is 2.11. The molecule has 150 valence electrons. The van der Waals surface area contributed by atoms with Crippen LogP contribution in [0, 0.1) is 0 Å². The summed E-state index contributed by atoms with van der Waals surface area (Å²) in [4.78, 5) is 27.3. The second kappa shape index (κ2) is 9.50. The molecule has 3 aromatic rings. The molecule has 0 fully saturated rings. The Balaban J connectivity index is 1.66. The fourth-order valence-electron chi connectivity index (χ4n) is 2.55. The number of aromatic nitrogens is 3. The molecule has 8 nitrogen and oxygen atoms in total. The van der Waals surface area contributed by atoms with Crippen molar-refractivity contribution in [2.45, 2.75) is 6.54 Å². The summed E-state index contributed by atoms with van der Waals surface area (Å²) in [5, 5.41) is 2.82. The molecule has 2 aromatic heterocycles. The fraction of sp³-hybridized carbons (Fsp3) is 0.238. The van der Waals surface area contributed by atoms with Crippen molar-refractivity contribution < 1.29 is 14.3 Å². The number of benzene rings is 1. The molecule has 0 saturated carbocycles. The molecule has 0 aliphatic carbocycles. The molecule has 3 rings (SSSR count). The van der Waals surface area contributed by atoms with Gasteiger partial charge < -0.3 is 19.7 Å². The van der Waals surface area contributed by atoms with Crippen LogP contribution >= 0.6 is 0 Å². The van der Waals surface area contributed by atoms with Gasteiger partial charge in [0.15, 0.2) is 23.9 Å². The van der Waals surface area contributed by atoms with Crippen LogP contribution in [0.4, 0.5) is 5.82 Å². The number of anilines is 1. The Morgan fingerprint density at radius 3 is 2.59 bits per heavy atom. The number of pyridine rings is 1. The number of methoxy groups -OCH3 is 1. The Hall–Kier alpha value is -3.68. The summed E-state index contributed by atoms with van der Waals surface area (Å²) in [5.41, 5.74) is 1.50. The minimum Gasteiger partial charge on any atom is -0.493 e. The molecule has 0 aliphatic heterocycles. The van der Waals surface area contributed by atoms with Crippen molar-refractivity contribution in [2.24, 2.45) is 0 Å². The van der Waals surface area contributed by atoms with Crippen LogP contribution in [0.3, 0.4) is 0 Å². The lowest BCUT2D eigenvalue weighted by Crippen LogP contribution is -2.29. The summed E-state index contributed by atoms with van der Waals surface area (Å²) in [6.07, 6.45) is 3.40. The van der Waals surface area contributed by atoms with Gasteiger partial charge in [-0.2, -0.15) is 0 Å². The molecule has 0 bridgehead atoms. The van der Waals surface area contributed by atoms with Crippen LogP contribution in [0.2, 0.25) is 0 Å². The van der Waals surface area contributed by atoms with Gasteiger partial charge in [0, 0.05) is 38.1 Å². The van der Waals surface area contributed by atoms with Gasteiger partial charge in [-0.1, -0.05) is 12.1 Å². The average molecular weight is 393 g/mol. The topological polar surface area (TPSA) is 89.5 Å². The molecule has 8 heteroatoms. The molecular formula is C21H23N5O3. The molecule has 0 spiro atoms. The van der Waals surface area contributed by atoms with Crippen LogP contribution in [0.15, 0.2) is 54.9 Å². The van der Waals surface area contributed by atoms with E-state index in [9.17, 15) is 4.79 Å². The first-order valence-corrected chi connectivity index (χ1v) is 9.05. The molecule has 0 saturated heterocycles. The maximum absolute atomic E-state index is 12.2. The van der Waals surface area contributed by atoms with Gasteiger partial charge in [0.2, 0.25) is 0 Å². The molecule has 0 unspecified atom stereocenters. The Kier molecular flexibility index (Phi) is 6.57. The minimum absolute atomic E-state index is 0.124. The maximum atomic E-state index is 12.2. The third kappa shape index (κ3) is 5.41. The fourth-order valence-corrected chi connectivity index (χ4v) is 2.55. The number of nitrogens with zero attached hydrogens (tertiary/aromatic N) is 4. The molecule has 0 aliphatic rings. The van der Waals surface area contributed by atoms with Crippen molar-refractivity contribution in [3.05, 3.63) is 60.6 Å². The van der Waals surface area contributed by atoms with Crippen molar-refractivity contribution in [3.8, 4) is 22.9 Å². The number of hydrogen-bond acceptors (Lipinski definition) is 7. The van der Waals surface area contributed by atoms with E-state index < -0.39 is 0 Å². The number of ether oxygens (including phenoxy) is 2. The number of hydrogen-bond donors (Lipinski definition) is 1. The van der Waals surface area contributed by atoms with Crippen LogP contribution in [-0.4, -0.2) is 48.7 Å². The molecular weight excluding hydrogens is 370 g/mol. The SMILES string of the molecule is COc1ccccc1OCC(=O)NCc1cc(N(C)C)nc(-c2cccnc2)n1. The van der Waals surface area contributed by atoms with Crippen molar-refractivity contribution in [1.82, 2.24) is 20.3 Å². The third-order valence-electron chi connectivity index (χ3n) is 4.04. The normalized spacial score (nSPS) is 10.3. The van der Waals surface area contributed by atoms with Gasteiger partial charge in [-0.05, 0) is 24.3 Å². The van der Waals surface area contributed by atoms with E-state index in [0.29, 0.717) is 23.0 Å². The Morgan fingerprint density at radius 1 is 1.10 bits per heavy atom. The Bertz CT molecular complexity index is 964. The smallest absolute Gasteiger partial charge is 0.258 e. The molecule has 29 heavy (non-hydrogen) atoms. The summed E-state index contributed by atoms with van der Waals surface area (Å²) >= 11 is 0. The molecule has 1 amide bonds. The van der Waals surface area contributed by atoms with E-state index in [-0.39, 0.29) is 19.1 Å². The van der Waals surface area contributed by atoms with Gasteiger partial charge in [0.1, 0.15) is 5.82 Å². The lowest BCUT2D eigenvalue weighted by molar-refractivity contribution is -0.123. The zero-order valence-corrected chi connectivity index (χ0v) is 16.6. The van der Waals surface area contributed by atoms with Crippen molar-refractivity contribution in [2.75, 3.05) is 32.7 Å². The van der Waals surface area contributed by atoms with E-state index in [4.69, 9.17) is 9.47 Å². The summed E-state index contributed by atoms with van der Waals surface area (Å²) < 4.78 is 10.8. The first-order chi connectivity index (χ1) is 14.1. The summed E-state index contributed by atoms with van der Waals surface area (Å²) in [5.74, 6) is 2.13. The lowest BCUT2D eigenvalue weighted by Gasteiger charge is -2.15. The zero-order valence-electron chi connectivity index (χ0n) is 16.6. The van der Waals surface area contributed by atoms with E-state index in [2.05, 4.69) is 20.3 Å². The standard InChI is InChI=1S/C21H23N5O3/c1-26(2)19-11-16(24-21(25-19)15-7-6-10-22-12-15)13-23-20(27)14-29-18-9-5-4-8-17(18)28-3/h4-12H,13-14H2,1-3H3,(H,23,27). The average Bonchev–Trinajstić information content (AvgIpc) is 2.76. The second-order valence-electron chi connectivity index (χ2n) is 6.39. The molecule has 0 atom stereocenters. The highest BCUT2D eigenvalue weighted by atomic mass is 16.5. The van der Waals surface area contributed by atoms with Crippen molar-refractivity contribution >= 4 is 11.7 Å². The molecule has 1 N–H and O–H groups in total. The first-order valence-electron chi connectivity index (χ1n) is 9.05. The summed E-state index contributed by atoms with van der Waals surface area (Å²) in [6, 6.07) is 12.7. The largest absolute Gasteiger partial charge is 0.493 e. The first kappa shape index (κ1) is 20.1. The number of carbonyl (C=O) groups is 1. The number of para-hydroxylation sites is 2. The molecule has 1 aromatic carbocycles. The van der Waals surface area contributed by atoms with Gasteiger partial charge in [0.05, 0.1) is 19.3 Å². The van der Waals surface area contributed by atoms with Crippen LogP contribution in [0.5, 0.6) is 11.5 Å². The Morgan fingerprint density at radius 2 is 1.90 bits per heavy atom. The predicted molar refractivity (Wildman–Crippen MR) is 110 cm³/mol. The predicted octanol–water partition coefficient (Wildman–Crippen LogP) is 2.31. The van der Waals surface area contributed by atoms with Gasteiger partial charge in [-0.25, -0.2) is 9.97 Å². The molecule has 0 radical (unpaired) electrons. The highest BCUT2D eigenvalue weighted by Crippen LogP contribution is 2.25. The lowest BCUT2D eigenvalue weighted by atomic mass is 10.2. The minimum atomic E-state index is -0.260. The number of rotatable bonds is 8. The Labute approximate surface area is 169 Å². The van der Waals surface area contributed by atoms with E-state index in [1.165, 1.54) is 0 Å². The summed E-state index contributed by atoms with van der Waals surface area (Å²) in [6.45, 7) is 0.131. The van der Waals surface area contributed by atoms with E-state index in [0.717, 1.165) is 11.4 Å². The monoisotopic (exact) mass is 393 g/mol. The van der Waals surface area contributed by atoms with Crippen LogP contribution in [0.1, 0.15) is 5.69 Å². The van der Waals surface area contributed by atoms with Crippen LogP contribution in [-0.2, 0) is 11.3 Å². The number of carbonyl (C=O) groups excluding carboxylic acids is 1. The van der Waals surface area contributed by atoms with E-state index in [1.807, 2.05) is 49.3 Å². The van der Waals surface area contributed by atoms with Crippen molar-refractivity contribution in [1.29, 1.82) is 0 Å². The van der Waals surface area contributed by atoms with Gasteiger partial charge in [0.25, 0.3) is 5.91 Å². The van der Waals surface area contributed by atoms with Crippen molar-refractivity contribution in [3.63, 3.8) is 0 Å². The third-order valence-corrected chi connectivity index (χ3v) is 4.04. The van der Waals surface area contributed by atoms with Gasteiger partial charge in [-0.3, -0.25) is 9.78 Å². The second-order valence-corrected chi connectivity index (χ2v) is 6.39. The number of nitrogens with one attached hydrogen (secondary N) is 1. The number of amides is 1. The van der Waals surface area contributed by atoms with E-state index >= 15 is 0 Å². The highest BCUT2D eigenvalue weighted by molar-refractivity contribution is 5.77. The zero-order chi connectivity index (χ0) is 20.6. The quantitative estimate of drug-likeness (QED) is 0.628. The van der Waals surface area contributed by atoms with Crippen LogP contribution in [0.25, 0.3) is 11.4 Å². The van der Waals surface area contributed by atoms with Gasteiger partial charge >= 0.3 is 0 Å². The summed E-state index contributed by atoms with van der Waals surface area (Å²) in [7, 11) is 5.36. The van der Waals surface area contributed by atoms with Crippen LogP contribution < -0.4 is 19.7 Å². The molecule has 2 heterocycles. The van der Waals surface area contributed by atoms with E-state index in [1.54, 1.807) is 31.6 Å².